The summed E-state index contributed by atoms with van der Waals surface area (Å²) in [6.45, 7) is 4.97. The SMILES string of the molecule is CCCCCCCCCCCCCCCC(O)C(CO)NC(=O)CCCCCCCCCCCCCCCCCCC/C=C\C/C=C\CCCCCCCCCCCOC(=O)CCCCCCCCCCCCC. The van der Waals surface area contributed by atoms with E-state index in [2.05, 4.69) is 43.5 Å². The van der Waals surface area contributed by atoms with Gasteiger partial charge in [-0.25, -0.2) is 0 Å². The van der Waals surface area contributed by atoms with E-state index in [1.54, 1.807) is 0 Å². The second-order valence-corrected chi connectivity index (χ2v) is 23.2. The zero-order chi connectivity index (χ0) is 53.6. The lowest BCUT2D eigenvalue weighted by atomic mass is 10.0. The maximum absolute atomic E-state index is 12.5. The average molecular weight is 1040 g/mol. The molecule has 0 bridgehead atoms. The van der Waals surface area contributed by atoms with Crippen molar-refractivity contribution in [3.05, 3.63) is 24.3 Å². The molecule has 0 rings (SSSR count). The van der Waals surface area contributed by atoms with Crippen molar-refractivity contribution >= 4 is 11.9 Å². The van der Waals surface area contributed by atoms with Crippen LogP contribution in [0.1, 0.15) is 373 Å². The Hall–Kier alpha value is -1.66. The maximum atomic E-state index is 12.5. The van der Waals surface area contributed by atoms with Crippen molar-refractivity contribution in [3.63, 3.8) is 0 Å². The second-order valence-electron chi connectivity index (χ2n) is 23.2. The van der Waals surface area contributed by atoms with E-state index in [0.29, 0.717) is 25.9 Å². The van der Waals surface area contributed by atoms with Crippen molar-refractivity contribution in [2.45, 2.75) is 386 Å². The molecule has 0 aromatic rings. The van der Waals surface area contributed by atoms with Crippen LogP contribution in [0, 0.1) is 0 Å². The lowest BCUT2D eigenvalue weighted by Crippen LogP contribution is -2.45. The Morgan fingerprint density at radius 1 is 0.378 bits per heavy atom. The monoisotopic (exact) mass is 1040 g/mol. The number of carbonyl (C=O) groups is 2. The first kappa shape index (κ1) is 72.3. The standard InChI is InChI=1S/C68H131NO5/c1-3-5-7-9-11-13-15-37-41-44-48-52-56-60-66(71)65(64-70)69-67(72)61-57-53-49-45-42-38-35-33-31-29-27-25-23-21-19-17-16-18-20-22-24-26-28-30-32-34-36-39-43-47-51-55-59-63-74-68(73)62-58-54-50-46-40-14-12-10-8-6-4-2/h20,22,26,28,65-66,70-71H,3-19,21,23-25,27,29-64H2,1-2H3,(H,69,72)/b22-20-,28-26-. The number of carbonyl (C=O) groups excluding carboxylic acids is 2. The molecule has 0 aliphatic heterocycles. The largest absolute Gasteiger partial charge is 0.466 e. The number of esters is 1. The van der Waals surface area contributed by atoms with E-state index < -0.39 is 12.1 Å². The van der Waals surface area contributed by atoms with Crippen LogP contribution in [-0.2, 0) is 14.3 Å². The summed E-state index contributed by atoms with van der Waals surface area (Å²) in [6.07, 6.45) is 79.4. The van der Waals surface area contributed by atoms with Crippen LogP contribution in [0.3, 0.4) is 0 Å². The summed E-state index contributed by atoms with van der Waals surface area (Å²) >= 11 is 0. The van der Waals surface area contributed by atoms with Gasteiger partial charge in [0.2, 0.25) is 5.91 Å². The average Bonchev–Trinajstić information content (AvgIpc) is 3.40. The van der Waals surface area contributed by atoms with Gasteiger partial charge in [-0.2, -0.15) is 0 Å². The molecular weight excluding hydrogens is 911 g/mol. The number of rotatable bonds is 63. The van der Waals surface area contributed by atoms with E-state index in [-0.39, 0.29) is 18.5 Å². The molecule has 0 fully saturated rings. The number of aliphatic hydroxyl groups excluding tert-OH is 2. The molecule has 0 aromatic heterocycles. The Balaban J connectivity index is 3.37. The molecule has 1 amide bonds. The Morgan fingerprint density at radius 3 is 1.03 bits per heavy atom. The Kier molecular flexibility index (Phi) is 62.4. The minimum absolute atomic E-state index is 0.0142. The van der Waals surface area contributed by atoms with Crippen LogP contribution in [0.5, 0.6) is 0 Å². The molecule has 0 aliphatic rings. The summed E-state index contributed by atoms with van der Waals surface area (Å²) in [5, 5.41) is 23.3. The molecular formula is C68H131NO5. The fourth-order valence-corrected chi connectivity index (χ4v) is 10.6. The third-order valence-electron chi connectivity index (χ3n) is 15.8. The maximum Gasteiger partial charge on any atom is 0.305 e. The molecule has 0 aromatic carbocycles. The molecule has 6 heteroatoms. The van der Waals surface area contributed by atoms with E-state index in [0.717, 1.165) is 44.9 Å². The van der Waals surface area contributed by atoms with Crippen LogP contribution in [-0.4, -0.2) is 47.4 Å². The first-order chi connectivity index (χ1) is 36.5. The van der Waals surface area contributed by atoms with E-state index in [4.69, 9.17) is 4.74 Å². The van der Waals surface area contributed by atoms with Gasteiger partial charge < -0.3 is 20.3 Å². The quantitative estimate of drug-likeness (QED) is 0.0320. The molecule has 6 nitrogen and oxygen atoms in total. The molecule has 438 valence electrons. The lowest BCUT2D eigenvalue weighted by molar-refractivity contribution is -0.143. The molecule has 0 spiro atoms. The summed E-state index contributed by atoms with van der Waals surface area (Å²) in [5.74, 6) is -0.0171. The van der Waals surface area contributed by atoms with Crippen molar-refractivity contribution in [3.8, 4) is 0 Å². The zero-order valence-electron chi connectivity index (χ0n) is 50.1. The van der Waals surface area contributed by atoms with Gasteiger partial charge in [0.25, 0.3) is 0 Å². The molecule has 0 radical (unpaired) electrons. The van der Waals surface area contributed by atoms with Gasteiger partial charge in [0.1, 0.15) is 0 Å². The van der Waals surface area contributed by atoms with Gasteiger partial charge in [-0.05, 0) is 57.8 Å². The highest BCUT2D eigenvalue weighted by molar-refractivity contribution is 5.76. The van der Waals surface area contributed by atoms with Gasteiger partial charge in [0, 0.05) is 12.8 Å². The summed E-state index contributed by atoms with van der Waals surface area (Å²) in [4.78, 5) is 24.5. The lowest BCUT2D eigenvalue weighted by Gasteiger charge is -2.22. The van der Waals surface area contributed by atoms with Crippen LogP contribution in [0.15, 0.2) is 24.3 Å². The zero-order valence-corrected chi connectivity index (χ0v) is 50.1. The van der Waals surface area contributed by atoms with Gasteiger partial charge in [-0.3, -0.25) is 9.59 Å². The third kappa shape index (κ3) is 59.6. The Morgan fingerprint density at radius 2 is 0.676 bits per heavy atom. The van der Waals surface area contributed by atoms with Crippen molar-refractivity contribution < 1.29 is 24.5 Å². The predicted molar refractivity (Wildman–Crippen MR) is 324 cm³/mol. The molecule has 0 saturated carbocycles. The summed E-state index contributed by atoms with van der Waals surface area (Å²) < 4.78 is 5.47. The number of hydrogen-bond donors (Lipinski definition) is 3. The Bertz CT molecular complexity index is 1150. The fourth-order valence-electron chi connectivity index (χ4n) is 10.6. The number of ether oxygens (including phenoxy) is 1. The normalized spacial score (nSPS) is 12.6. The number of unbranched alkanes of at least 4 members (excludes halogenated alkanes) is 48. The van der Waals surface area contributed by atoms with Crippen LogP contribution in [0.25, 0.3) is 0 Å². The second kappa shape index (κ2) is 63.9. The smallest absolute Gasteiger partial charge is 0.305 e. The number of hydrogen-bond acceptors (Lipinski definition) is 5. The molecule has 2 atom stereocenters. The summed E-state index contributed by atoms with van der Waals surface area (Å²) in [6, 6.07) is -0.539. The minimum Gasteiger partial charge on any atom is -0.466 e. The first-order valence-corrected chi connectivity index (χ1v) is 33.6. The number of amides is 1. The Labute approximate surface area is 462 Å². The van der Waals surface area contributed by atoms with Crippen molar-refractivity contribution in [2.24, 2.45) is 0 Å². The van der Waals surface area contributed by atoms with Crippen LogP contribution >= 0.6 is 0 Å². The first-order valence-electron chi connectivity index (χ1n) is 33.6. The van der Waals surface area contributed by atoms with Gasteiger partial charge in [0.15, 0.2) is 0 Å². The summed E-state index contributed by atoms with van der Waals surface area (Å²) in [7, 11) is 0. The van der Waals surface area contributed by atoms with E-state index in [9.17, 15) is 19.8 Å². The molecule has 3 N–H and O–H groups in total. The van der Waals surface area contributed by atoms with Crippen LogP contribution in [0.2, 0.25) is 0 Å². The van der Waals surface area contributed by atoms with Gasteiger partial charge >= 0.3 is 5.97 Å². The number of aliphatic hydroxyl groups is 2. The van der Waals surface area contributed by atoms with Crippen molar-refractivity contribution in [1.29, 1.82) is 0 Å². The third-order valence-corrected chi connectivity index (χ3v) is 15.8. The summed E-state index contributed by atoms with van der Waals surface area (Å²) in [5.41, 5.74) is 0. The highest BCUT2D eigenvalue weighted by Crippen LogP contribution is 2.18. The van der Waals surface area contributed by atoms with Gasteiger partial charge in [-0.1, -0.05) is 327 Å². The molecule has 0 aliphatic carbocycles. The van der Waals surface area contributed by atoms with E-state index in [1.165, 1.54) is 295 Å². The molecule has 0 heterocycles. The van der Waals surface area contributed by atoms with Crippen LogP contribution < -0.4 is 5.32 Å². The van der Waals surface area contributed by atoms with E-state index in [1.807, 2.05) is 0 Å². The highest BCUT2D eigenvalue weighted by atomic mass is 16.5. The predicted octanol–water partition coefficient (Wildman–Crippen LogP) is 21.4. The van der Waals surface area contributed by atoms with Gasteiger partial charge in [0.05, 0.1) is 25.4 Å². The van der Waals surface area contributed by atoms with Crippen molar-refractivity contribution in [1.82, 2.24) is 5.32 Å². The van der Waals surface area contributed by atoms with Gasteiger partial charge in [-0.15, -0.1) is 0 Å². The van der Waals surface area contributed by atoms with E-state index >= 15 is 0 Å². The topological polar surface area (TPSA) is 95.9 Å². The fraction of sp³-hybridized carbons (Fsp3) is 0.912. The molecule has 74 heavy (non-hydrogen) atoms. The van der Waals surface area contributed by atoms with Crippen molar-refractivity contribution in [2.75, 3.05) is 13.2 Å². The highest BCUT2D eigenvalue weighted by Gasteiger charge is 2.20. The number of allylic oxidation sites excluding steroid dienone is 4. The van der Waals surface area contributed by atoms with Crippen LogP contribution in [0.4, 0.5) is 0 Å². The number of nitrogens with one attached hydrogen (secondary N) is 1. The molecule has 2 unspecified atom stereocenters. The minimum atomic E-state index is -0.662. The molecule has 0 saturated heterocycles.